The number of piperazine rings is 2. The van der Waals surface area contributed by atoms with E-state index in [0.29, 0.717) is 0 Å². The van der Waals surface area contributed by atoms with Crippen molar-refractivity contribution in [2.45, 2.75) is 58.9 Å². The van der Waals surface area contributed by atoms with Crippen LogP contribution >= 0.6 is 0 Å². The van der Waals surface area contributed by atoms with Crippen LogP contribution in [0.5, 0.6) is 11.5 Å². The lowest BCUT2D eigenvalue weighted by molar-refractivity contribution is 0.00154. The Balaban J connectivity index is 1.26. The molecule has 2 unspecified atom stereocenters. The summed E-state index contributed by atoms with van der Waals surface area (Å²) in [5.41, 5.74) is 8.16. The fourth-order valence-electron chi connectivity index (χ4n) is 7.73. The molecule has 0 spiro atoms. The summed E-state index contributed by atoms with van der Waals surface area (Å²) < 4.78 is 12.2. The van der Waals surface area contributed by atoms with Crippen molar-refractivity contribution in [3.63, 3.8) is 0 Å². The van der Waals surface area contributed by atoms with Gasteiger partial charge in [0.25, 0.3) is 0 Å². The molecule has 1 N–H and O–H groups in total. The Kier molecular flexibility index (Phi) is 8.33. The number of benzene rings is 3. The number of fused-ring (bicyclic) bond motifs is 1. The van der Waals surface area contributed by atoms with Crippen molar-refractivity contribution in [1.29, 1.82) is 0 Å². The van der Waals surface area contributed by atoms with Gasteiger partial charge in [-0.15, -0.1) is 0 Å². The molecule has 7 nitrogen and oxygen atoms in total. The first kappa shape index (κ1) is 29.8. The molecule has 0 aliphatic carbocycles. The predicted octanol–water partition coefficient (Wildman–Crippen LogP) is 5.72. The fraction of sp³-hybridized carbons (Fsp3) is 0.500. The molecule has 3 aliphatic heterocycles. The minimum absolute atomic E-state index is 0.138. The molecule has 0 radical (unpaired) electrons. The number of rotatable bonds is 7. The van der Waals surface area contributed by atoms with Crippen LogP contribution < -0.4 is 19.3 Å². The Bertz CT molecular complexity index is 1410. The molecular weight excluding hydrogens is 536 g/mol. The van der Waals surface area contributed by atoms with Crippen LogP contribution in [-0.2, 0) is 6.54 Å². The second-order valence-electron chi connectivity index (χ2n) is 13.0. The number of anilines is 2. The molecule has 0 amide bonds. The van der Waals surface area contributed by atoms with E-state index in [4.69, 9.17) is 9.47 Å². The number of aliphatic hydroxyl groups is 1. The lowest BCUT2D eigenvalue weighted by Gasteiger charge is -2.43. The highest BCUT2D eigenvalue weighted by atomic mass is 16.5. The van der Waals surface area contributed by atoms with Gasteiger partial charge in [0.15, 0.2) is 0 Å². The zero-order chi connectivity index (χ0) is 30.3. The molecule has 2 saturated heterocycles. The third-order valence-corrected chi connectivity index (χ3v) is 9.78. The Morgan fingerprint density at radius 3 is 2.09 bits per heavy atom. The molecule has 0 bridgehead atoms. The summed E-state index contributed by atoms with van der Waals surface area (Å²) in [4.78, 5) is 10.2. The van der Waals surface area contributed by atoms with Crippen LogP contribution in [0.3, 0.4) is 0 Å². The Labute approximate surface area is 257 Å². The smallest absolute Gasteiger partial charge is 0.131 e. The topological polar surface area (TPSA) is 51.7 Å². The van der Waals surface area contributed by atoms with Crippen molar-refractivity contribution in [2.24, 2.45) is 0 Å². The fourth-order valence-corrected chi connectivity index (χ4v) is 7.73. The Morgan fingerprint density at radius 2 is 1.49 bits per heavy atom. The van der Waals surface area contributed by atoms with E-state index in [0.717, 1.165) is 81.5 Å². The van der Waals surface area contributed by atoms with Crippen LogP contribution in [0.1, 0.15) is 60.7 Å². The molecule has 3 aromatic carbocycles. The number of hydrogen-bond acceptors (Lipinski definition) is 7. The number of ether oxygens (including phenoxy) is 2. The molecule has 2 fully saturated rings. The third kappa shape index (κ3) is 5.70. The van der Waals surface area contributed by atoms with Crippen molar-refractivity contribution in [2.75, 3.05) is 69.3 Å². The van der Waals surface area contributed by atoms with Crippen molar-refractivity contribution in [3.05, 3.63) is 82.4 Å². The molecule has 230 valence electrons. The van der Waals surface area contributed by atoms with E-state index in [9.17, 15) is 5.11 Å². The average molecular weight is 585 g/mol. The summed E-state index contributed by atoms with van der Waals surface area (Å²) in [6, 6.07) is 19.3. The second-order valence-corrected chi connectivity index (χ2v) is 13.0. The third-order valence-electron chi connectivity index (χ3n) is 9.78. The highest BCUT2D eigenvalue weighted by molar-refractivity contribution is 5.72. The first-order valence-corrected chi connectivity index (χ1v) is 15.9. The van der Waals surface area contributed by atoms with Crippen molar-refractivity contribution >= 4 is 11.4 Å². The molecular formula is C36H48N4O3. The van der Waals surface area contributed by atoms with Gasteiger partial charge in [-0.05, 0) is 75.6 Å². The van der Waals surface area contributed by atoms with E-state index in [1.807, 2.05) is 19.1 Å². The van der Waals surface area contributed by atoms with Gasteiger partial charge in [0.05, 0.1) is 19.3 Å². The summed E-state index contributed by atoms with van der Waals surface area (Å²) in [6.07, 6.45) is -0.606. The minimum Gasteiger partial charge on any atom is -0.497 e. The van der Waals surface area contributed by atoms with Gasteiger partial charge in [-0.1, -0.05) is 30.3 Å². The van der Waals surface area contributed by atoms with Gasteiger partial charge in [0.1, 0.15) is 17.1 Å². The Morgan fingerprint density at radius 1 is 0.860 bits per heavy atom. The lowest BCUT2D eigenvalue weighted by atomic mass is 9.85. The van der Waals surface area contributed by atoms with E-state index in [1.165, 1.54) is 28.1 Å². The zero-order valence-electron chi connectivity index (χ0n) is 26.8. The molecule has 2 atom stereocenters. The lowest BCUT2D eigenvalue weighted by Crippen LogP contribution is -2.51. The summed E-state index contributed by atoms with van der Waals surface area (Å²) in [6.45, 7) is 19.6. The molecule has 3 heterocycles. The molecule has 3 aliphatic rings. The van der Waals surface area contributed by atoms with Gasteiger partial charge in [-0.2, -0.15) is 0 Å². The van der Waals surface area contributed by atoms with Gasteiger partial charge in [-0.25, -0.2) is 0 Å². The highest BCUT2D eigenvalue weighted by Crippen LogP contribution is 2.54. The van der Waals surface area contributed by atoms with E-state index < -0.39 is 11.7 Å². The standard InChI is InChI=1S/C36H48N4O3/c1-25-31(27(3)41)34-32(26(2)33(25)39-22-20-38(21-23-39)29-12-14-30(42-6)15-13-29)35(36(4,5)43-34)40-18-16-37(17-19-40)24-28-10-8-7-9-11-28/h7-15,27,35,41H,16-24H2,1-6H3. The maximum atomic E-state index is 11.1. The van der Waals surface area contributed by atoms with Crippen molar-refractivity contribution < 1.29 is 14.6 Å². The minimum atomic E-state index is -0.606. The average Bonchev–Trinajstić information content (AvgIpc) is 3.29. The second kappa shape index (κ2) is 12.0. The van der Waals surface area contributed by atoms with E-state index in [2.05, 4.69) is 89.8 Å². The van der Waals surface area contributed by atoms with Crippen LogP contribution in [0.2, 0.25) is 0 Å². The van der Waals surface area contributed by atoms with E-state index >= 15 is 0 Å². The van der Waals surface area contributed by atoms with Gasteiger partial charge < -0.3 is 24.4 Å². The van der Waals surface area contributed by atoms with Crippen LogP contribution in [0.25, 0.3) is 0 Å². The first-order chi connectivity index (χ1) is 20.7. The molecule has 0 aromatic heterocycles. The molecule has 6 rings (SSSR count). The summed E-state index contributed by atoms with van der Waals surface area (Å²) >= 11 is 0. The van der Waals surface area contributed by atoms with Crippen LogP contribution in [0.4, 0.5) is 11.4 Å². The van der Waals surface area contributed by atoms with Gasteiger partial charge in [0, 0.05) is 81.4 Å². The highest BCUT2D eigenvalue weighted by Gasteiger charge is 2.48. The molecule has 3 aromatic rings. The van der Waals surface area contributed by atoms with Crippen LogP contribution in [-0.4, -0.2) is 80.0 Å². The van der Waals surface area contributed by atoms with Crippen LogP contribution in [0.15, 0.2) is 54.6 Å². The summed E-state index contributed by atoms with van der Waals surface area (Å²) in [5, 5.41) is 11.1. The monoisotopic (exact) mass is 584 g/mol. The molecule has 43 heavy (non-hydrogen) atoms. The van der Waals surface area contributed by atoms with Crippen molar-refractivity contribution in [3.8, 4) is 11.5 Å². The Hall–Kier alpha value is -3.26. The maximum absolute atomic E-state index is 11.1. The molecule has 7 heteroatoms. The zero-order valence-corrected chi connectivity index (χ0v) is 26.8. The van der Waals surface area contributed by atoms with Gasteiger partial charge >= 0.3 is 0 Å². The number of nitrogens with zero attached hydrogens (tertiary/aromatic N) is 4. The number of aliphatic hydroxyl groups excluding tert-OH is 1. The number of methoxy groups -OCH3 is 1. The maximum Gasteiger partial charge on any atom is 0.131 e. The van der Waals surface area contributed by atoms with E-state index in [-0.39, 0.29) is 6.04 Å². The normalized spacial score (nSPS) is 21.4. The van der Waals surface area contributed by atoms with E-state index in [1.54, 1.807) is 7.11 Å². The number of hydrogen-bond donors (Lipinski definition) is 1. The predicted molar refractivity (Wildman–Crippen MR) is 175 cm³/mol. The first-order valence-electron chi connectivity index (χ1n) is 15.9. The van der Waals surface area contributed by atoms with Gasteiger partial charge in [0.2, 0.25) is 0 Å². The van der Waals surface area contributed by atoms with Gasteiger partial charge in [-0.3, -0.25) is 9.80 Å². The molecule has 0 saturated carbocycles. The SMILES string of the molecule is COc1ccc(N2CCN(c3c(C)c(C(C)O)c4c(c3C)C(N3CCN(Cc5ccccc5)CC3)C(C)(C)O4)CC2)cc1. The summed E-state index contributed by atoms with van der Waals surface area (Å²) in [7, 11) is 1.71. The summed E-state index contributed by atoms with van der Waals surface area (Å²) in [5.74, 6) is 1.79. The largest absolute Gasteiger partial charge is 0.497 e. The quantitative estimate of drug-likeness (QED) is 0.381. The van der Waals surface area contributed by atoms with Crippen LogP contribution in [0, 0.1) is 13.8 Å². The van der Waals surface area contributed by atoms with Crippen molar-refractivity contribution in [1.82, 2.24) is 9.80 Å².